The lowest BCUT2D eigenvalue weighted by molar-refractivity contribution is -0.129. The number of amides is 1. The molecule has 0 spiro atoms. The van der Waals surface area contributed by atoms with E-state index in [0.29, 0.717) is 21.9 Å². The van der Waals surface area contributed by atoms with E-state index in [1.165, 1.54) is 16.3 Å². The molecule has 3 aromatic rings. The molecule has 0 bridgehead atoms. The predicted octanol–water partition coefficient (Wildman–Crippen LogP) is 1.96. The fourth-order valence-corrected chi connectivity index (χ4v) is 4.23. The van der Waals surface area contributed by atoms with Crippen LogP contribution in [0.25, 0.3) is 16.7 Å². The van der Waals surface area contributed by atoms with Crippen LogP contribution in [0, 0.1) is 6.92 Å². The number of rotatable bonds is 4. The number of hydrogen-bond acceptors (Lipinski definition) is 6. The normalized spacial score (nSPS) is 15.0. The van der Waals surface area contributed by atoms with Gasteiger partial charge in [-0.05, 0) is 43.8 Å². The van der Waals surface area contributed by atoms with Crippen LogP contribution in [0.5, 0.6) is 0 Å². The summed E-state index contributed by atoms with van der Waals surface area (Å²) in [4.78, 5) is 39.0. The van der Waals surface area contributed by atoms with Crippen LogP contribution in [0.3, 0.4) is 0 Å². The van der Waals surface area contributed by atoms with E-state index in [2.05, 4.69) is 21.9 Å². The number of aryl methyl sites for hydroxylation is 1. The summed E-state index contributed by atoms with van der Waals surface area (Å²) in [5, 5.41) is 1.01. The lowest BCUT2D eigenvalue weighted by atomic mass is 10.2. The summed E-state index contributed by atoms with van der Waals surface area (Å²) in [7, 11) is 2.06. The molecule has 1 aromatic carbocycles. The third-order valence-corrected chi connectivity index (χ3v) is 5.98. The largest absolute Gasteiger partial charge is 0.339 e. The number of likely N-dealkylation sites (N-methyl/N-ethyl adjacent to an activating group) is 1. The number of piperazine rings is 1. The Balaban J connectivity index is 1.68. The Kier molecular flexibility index (Phi) is 5.64. The minimum absolute atomic E-state index is 0.0641. The van der Waals surface area contributed by atoms with Gasteiger partial charge in [-0.15, -0.1) is 0 Å². The number of thioether (sulfide) groups is 1. The van der Waals surface area contributed by atoms with Gasteiger partial charge < -0.3 is 9.80 Å². The number of carbonyl (C=O) groups is 1. The number of carbonyl (C=O) groups excluding carboxylic acids is 1. The molecule has 150 valence electrons. The molecule has 8 heteroatoms. The summed E-state index contributed by atoms with van der Waals surface area (Å²) in [6.07, 6.45) is 1.68. The molecular weight excluding hydrogens is 386 g/mol. The van der Waals surface area contributed by atoms with Crippen LogP contribution in [-0.2, 0) is 4.79 Å². The first kappa shape index (κ1) is 19.6. The summed E-state index contributed by atoms with van der Waals surface area (Å²) in [6.45, 7) is 5.17. The zero-order chi connectivity index (χ0) is 20.4. The number of benzene rings is 1. The van der Waals surface area contributed by atoms with Gasteiger partial charge in [0.25, 0.3) is 5.56 Å². The molecule has 0 unspecified atom stereocenters. The lowest BCUT2D eigenvalue weighted by Gasteiger charge is -2.32. The Hall–Kier alpha value is -2.71. The zero-order valence-corrected chi connectivity index (χ0v) is 17.4. The van der Waals surface area contributed by atoms with Crippen LogP contribution in [0.15, 0.2) is 52.5 Å². The highest BCUT2D eigenvalue weighted by Crippen LogP contribution is 2.21. The Morgan fingerprint density at radius 3 is 2.66 bits per heavy atom. The van der Waals surface area contributed by atoms with Crippen molar-refractivity contribution < 1.29 is 4.79 Å². The van der Waals surface area contributed by atoms with Gasteiger partial charge in [0.1, 0.15) is 5.82 Å². The highest BCUT2D eigenvalue weighted by Gasteiger charge is 2.21. The SMILES string of the molecule is Cc1ccnc(-n2c(SCC(=O)N3CCN(C)CC3)nc3ccccc3c2=O)c1. The second kappa shape index (κ2) is 8.34. The standard InChI is InChI=1S/C21H23N5O2S/c1-15-7-8-22-18(13-15)26-20(28)16-5-3-4-6-17(16)23-21(26)29-14-19(27)25-11-9-24(2)10-12-25/h3-8,13H,9-12,14H2,1-2H3. The van der Waals surface area contributed by atoms with E-state index >= 15 is 0 Å². The van der Waals surface area contributed by atoms with Crippen molar-refractivity contribution in [2.45, 2.75) is 12.1 Å². The van der Waals surface area contributed by atoms with Crippen LogP contribution < -0.4 is 5.56 Å². The fourth-order valence-electron chi connectivity index (χ4n) is 3.33. The van der Waals surface area contributed by atoms with Crippen LogP contribution in [-0.4, -0.2) is 69.2 Å². The van der Waals surface area contributed by atoms with Gasteiger partial charge in [0.15, 0.2) is 5.16 Å². The van der Waals surface area contributed by atoms with E-state index in [9.17, 15) is 9.59 Å². The zero-order valence-electron chi connectivity index (χ0n) is 16.5. The molecule has 1 aliphatic heterocycles. The molecule has 29 heavy (non-hydrogen) atoms. The molecule has 0 aliphatic carbocycles. The smallest absolute Gasteiger partial charge is 0.267 e. The minimum Gasteiger partial charge on any atom is -0.339 e. The number of hydrogen-bond donors (Lipinski definition) is 0. The van der Waals surface area contributed by atoms with E-state index in [4.69, 9.17) is 0 Å². The average molecular weight is 410 g/mol. The summed E-state index contributed by atoms with van der Waals surface area (Å²) >= 11 is 1.29. The third-order valence-electron chi connectivity index (χ3n) is 5.06. The Labute approximate surface area is 173 Å². The third kappa shape index (κ3) is 4.18. The molecular formula is C21H23N5O2S. The number of nitrogens with zero attached hydrogens (tertiary/aromatic N) is 5. The van der Waals surface area contributed by atoms with Crippen LogP contribution in [0.2, 0.25) is 0 Å². The molecule has 1 amide bonds. The Morgan fingerprint density at radius 2 is 1.90 bits per heavy atom. The molecule has 0 atom stereocenters. The molecule has 0 N–H and O–H groups in total. The van der Waals surface area contributed by atoms with Crippen molar-refractivity contribution in [1.82, 2.24) is 24.3 Å². The van der Waals surface area contributed by atoms with Crippen molar-refractivity contribution in [3.8, 4) is 5.82 Å². The Bertz CT molecular complexity index is 1110. The van der Waals surface area contributed by atoms with Crippen molar-refractivity contribution in [3.05, 3.63) is 58.5 Å². The Morgan fingerprint density at radius 1 is 1.14 bits per heavy atom. The number of aromatic nitrogens is 3. The van der Waals surface area contributed by atoms with E-state index < -0.39 is 0 Å². The van der Waals surface area contributed by atoms with Gasteiger partial charge in [-0.1, -0.05) is 23.9 Å². The molecule has 1 saturated heterocycles. The topological polar surface area (TPSA) is 71.3 Å². The van der Waals surface area contributed by atoms with Gasteiger partial charge in [-0.2, -0.15) is 0 Å². The van der Waals surface area contributed by atoms with E-state index in [-0.39, 0.29) is 17.2 Å². The van der Waals surface area contributed by atoms with Gasteiger partial charge >= 0.3 is 0 Å². The second-order valence-corrected chi connectivity index (χ2v) is 8.16. The molecule has 2 aromatic heterocycles. The first-order valence-corrected chi connectivity index (χ1v) is 10.6. The van der Waals surface area contributed by atoms with Crippen LogP contribution in [0.1, 0.15) is 5.56 Å². The van der Waals surface area contributed by atoms with E-state index in [1.807, 2.05) is 42.2 Å². The van der Waals surface area contributed by atoms with E-state index in [0.717, 1.165) is 31.7 Å². The fraction of sp³-hybridized carbons (Fsp3) is 0.333. The number of para-hydroxylation sites is 1. The maximum atomic E-state index is 13.2. The monoisotopic (exact) mass is 409 g/mol. The summed E-state index contributed by atoms with van der Waals surface area (Å²) in [5.74, 6) is 0.817. The highest BCUT2D eigenvalue weighted by atomic mass is 32.2. The van der Waals surface area contributed by atoms with Gasteiger partial charge in [-0.25, -0.2) is 14.5 Å². The minimum atomic E-state index is -0.178. The first-order valence-electron chi connectivity index (χ1n) is 9.57. The van der Waals surface area contributed by atoms with Gasteiger partial charge in [0.05, 0.1) is 16.7 Å². The maximum Gasteiger partial charge on any atom is 0.267 e. The van der Waals surface area contributed by atoms with Crippen molar-refractivity contribution in [2.75, 3.05) is 39.0 Å². The molecule has 0 radical (unpaired) electrons. The van der Waals surface area contributed by atoms with Gasteiger partial charge in [0, 0.05) is 32.4 Å². The predicted molar refractivity (Wildman–Crippen MR) is 115 cm³/mol. The first-order chi connectivity index (χ1) is 14.0. The van der Waals surface area contributed by atoms with Crippen LogP contribution in [0.4, 0.5) is 0 Å². The maximum absolute atomic E-state index is 13.2. The van der Waals surface area contributed by atoms with Gasteiger partial charge in [0.2, 0.25) is 5.91 Å². The molecule has 7 nitrogen and oxygen atoms in total. The summed E-state index contributed by atoms with van der Waals surface area (Å²) in [6, 6.07) is 11.0. The van der Waals surface area contributed by atoms with Gasteiger partial charge in [-0.3, -0.25) is 9.59 Å². The summed E-state index contributed by atoms with van der Waals surface area (Å²) in [5.41, 5.74) is 1.44. The molecule has 4 rings (SSSR count). The molecule has 1 aliphatic rings. The lowest BCUT2D eigenvalue weighted by Crippen LogP contribution is -2.47. The number of pyridine rings is 1. The quantitative estimate of drug-likeness (QED) is 0.485. The average Bonchev–Trinajstić information content (AvgIpc) is 2.72. The molecule has 3 heterocycles. The molecule has 1 fully saturated rings. The highest BCUT2D eigenvalue weighted by molar-refractivity contribution is 7.99. The van der Waals surface area contributed by atoms with Crippen molar-refractivity contribution in [1.29, 1.82) is 0 Å². The van der Waals surface area contributed by atoms with Crippen molar-refractivity contribution >= 4 is 28.6 Å². The van der Waals surface area contributed by atoms with Crippen LogP contribution >= 0.6 is 11.8 Å². The second-order valence-electron chi connectivity index (χ2n) is 7.22. The van der Waals surface area contributed by atoms with Crippen molar-refractivity contribution in [3.63, 3.8) is 0 Å². The van der Waals surface area contributed by atoms with Crippen molar-refractivity contribution in [2.24, 2.45) is 0 Å². The number of fused-ring (bicyclic) bond motifs is 1. The summed E-state index contributed by atoms with van der Waals surface area (Å²) < 4.78 is 1.51. The van der Waals surface area contributed by atoms with E-state index in [1.54, 1.807) is 12.3 Å². The molecule has 0 saturated carbocycles.